The Balaban J connectivity index is 1.84. The van der Waals surface area contributed by atoms with E-state index in [0.717, 1.165) is 44.0 Å². The Hall–Kier alpha value is -2.10. The second-order valence-electron chi connectivity index (χ2n) is 6.91. The van der Waals surface area contributed by atoms with Crippen LogP contribution in [-0.2, 0) is 10.0 Å². The highest BCUT2D eigenvalue weighted by Gasteiger charge is 2.28. The van der Waals surface area contributed by atoms with Crippen LogP contribution in [0.2, 0.25) is 0 Å². The van der Waals surface area contributed by atoms with E-state index in [-0.39, 0.29) is 12.6 Å². The molecule has 1 atom stereocenters. The van der Waals surface area contributed by atoms with E-state index in [1.165, 1.54) is 0 Å². The summed E-state index contributed by atoms with van der Waals surface area (Å²) in [7, 11) is -2.81. The predicted octanol–water partition coefficient (Wildman–Crippen LogP) is 3.62. The van der Waals surface area contributed by atoms with E-state index in [4.69, 9.17) is 4.74 Å². The topological polar surface area (TPSA) is 58.6 Å². The zero-order valence-electron chi connectivity index (χ0n) is 16.0. The third kappa shape index (κ3) is 4.91. The highest BCUT2D eigenvalue weighted by molar-refractivity contribution is 7.89. The minimum atomic E-state index is -4.37. The first kappa shape index (κ1) is 21.6. The standard InChI is InChI=1S/C20H23F3N2O3S/c1-28-15-7-5-14(6-8-15)17(25-11-3-2-4-12-25)13-24-29(26,27)18-10-9-16(21)19(22)20(18)23/h5-10,17,24H,2-4,11-13H2,1H3. The van der Waals surface area contributed by atoms with Gasteiger partial charge < -0.3 is 4.74 Å². The Labute approximate surface area is 168 Å². The van der Waals surface area contributed by atoms with E-state index in [0.29, 0.717) is 11.8 Å². The van der Waals surface area contributed by atoms with Crippen LogP contribution in [0, 0.1) is 17.5 Å². The molecule has 0 saturated carbocycles. The fourth-order valence-corrected chi connectivity index (χ4v) is 4.60. The maximum atomic E-state index is 14.0. The quantitative estimate of drug-likeness (QED) is 0.685. The van der Waals surface area contributed by atoms with Crippen LogP contribution in [0.5, 0.6) is 5.75 Å². The van der Waals surface area contributed by atoms with Crippen molar-refractivity contribution in [2.45, 2.75) is 30.2 Å². The van der Waals surface area contributed by atoms with Gasteiger partial charge in [-0.2, -0.15) is 0 Å². The van der Waals surface area contributed by atoms with Gasteiger partial charge in [0.05, 0.1) is 7.11 Å². The van der Waals surface area contributed by atoms with Gasteiger partial charge >= 0.3 is 0 Å². The summed E-state index contributed by atoms with van der Waals surface area (Å²) in [6.45, 7) is 1.57. The van der Waals surface area contributed by atoms with Gasteiger partial charge in [0.1, 0.15) is 10.6 Å². The molecule has 5 nitrogen and oxygen atoms in total. The fraction of sp³-hybridized carbons (Fsp3) is 0.400. The molecule has 0 aromatic heterocycles. The van der Waals surface area contributed by atoms with Gasteiger partial charge in [0.2, 0.25) is 10.0 Å². The van der Waals surface area contributed by atoms with E-state index >= 15 is 0 Å². The van der Waals surface area contributed by atoms with Gasteiger partial charge in [0.25, 0.3) is 0 Å². The molecular weight excluding hydrogens is 405 g/mol. The van der Waals surface area contributed by atoms with Crippen LogP contribution in [0.4, 0.5) is 13.2 Å². The molecule has 158 valence electrons. The van der Waals surface area contributed by atoms with Gasteiger partial charge in [-0.3, -0.25) is 4.90 Å². The molecule has 3 rings (SSSR count). The lowest BCUT2D eigenvalue weighted by Crippen LogP contribution is -2.40. The molecule has 1 saturated heterocycles. The normalized spacial score (nSPS) is 16.6. The van der Waals surface area contributed by atoms with Crippen molar-refractivity contribution >= 4 is 10.0 Å². The van der Waals surface area contributed by atoms with Crippen molar-refractivity contribution in [3.8, 4) is 5.75 Å². The third-order valence-corrected chi connectivity index (χ3v) is 6.53. The number of nitrogens with one attached hydrogen (secondary N) is 1. The van der Waals surface area contributed by atoms with Gasteiger partial charge in [-0.05, 0) is 55.8 Å². The largest absolute Gasteiger partial charge is 0.497 e. The molecule has 1 aliphatic rings. The van der Waals surface area contributed by atoms with Gasteiger partial charge in [-0.15, -0.1) is 0 Å². The zero-order chi connectivity index (χ0) is 21.0. The Kier molecular flexibility index (Phi) is 6.81. The van der Waals surface area contributed by atoms with Gasteiger partial charge in [0, 0.05) is 12.6 Å². The van der Waals surface area contributed by atoms with E-state index in [1.54, 1.807) is 19.2 Å². The number of sulfonamides is 1. The van der Waals surface area contributed by atoms with Crippen molar-refractivity contribution < 1.29 is 26.3 Å². The Morgan fingerprint density at radius 2 is 1.66 bits per heavy atom. The van der Waals surface area contributed by atoms with Crippen LogP contribution in [0.25, 0.3) is 0 Å². The Morgan fingerprint density at radius 3 is 2.28 bits per heavy atom. The van der Waals surface area contributed by atoms with Gasteiger partial charge in [-0.25, -0.2) is 26.3 Å². The van der Waals surface area contributed by atoms with Crippen molar-refractivity contribution in [2.24, 2.45) is 0 Å². The number of halogens is 3. The lowest BCUT2D eigenvalue weighted by molar-refractivity contribution is 0.164. The number of piperidine rings is 1. The zero-order valence-corrected chi connectivity index (χ0v) is 16.8. The highest BCUT2D eigenvalue weighted by Crippen LogP contribution is 2.27. The van der Waals surface area contributed by atoms with Crippen molar-refractivity contribution in [1.82, 2.24) is 9.62 Å². The van der Waals surface area contributed by atoms with Crippen LogP contribution in [0.1, 0.15) is 30.9 Å². The summed E-state index contributed by atoms with van der Waals surface area (Å²) in [6.07, 6.45) is 3.10. The van der Waals surface area contributed by atoms with E-state index in [2.05, 4.69) is 9.62 Å². The maximum Gasteiger partial charge on any atom is 0.243 e. The lowest BCUT2D eigenvalue weighted by Gasteiger charge is -2.35. The number of hydrogen-bond donors (Lipinski definition) is 1. The predicted molar refractivity (Wildman–Crippen MR) is 103 cm³/mol. The lowest BCUT2D eigenvalue weighted by atomic mass is 10.0. The van der Waals surface area contributed by atoms with Gasteiger partial charge in [-0.1, -0.05) is 18.6 Å². The molecule has 0 amide bonds. The first-order valence-corrected chi connectivity index (χ1v) is 10.8. The maximum absolute atomic E-state index is 14.0. The van der Waals surface area contributed by atoms with Crippen LogP contribution in [0.15, 0.2) is 41.3 Å². The smallest absolute Gasteiger partial charge is 0.243 e. The molecule has 0 bridgehead atoms. The Bertz CT molecular complexity index is 946. The van der Waals surface area contributed by atoms with Crippen molar-refractivity contribution in [3.05, 3.63) is 59.4 Å². The molecule has 0 aliphatic carbocycles. The molecule has 0 spiro atoms. The molecule has 0 radical (unpaired) electrons. The third-order valence-electron chi connectivity index (χ3n) is 5.09. The minimum Gasteiger partial charge on any atom is -0.497 e. The number of hydrogen-bond acceptors (Lipinski definition) is 4. The van der Waals surface area contributed by atoms with Crippen molar-refractivity contribution in [1.29, 1.82) is 0 Å². The van der Waals surface area contributed by atoms with Crippen LogP contribution in [0.3, 0.4) is 0 Å². The van der Waals surface area contributed by atoms with Crippen LogP contribution >= 0.6 is 0 Å². The number of benzene rings is 2. The highest BCUT2D eigenvalue weighted by atomic mass is 32.2. The first-order valence-electron chi connectivity index (χ1n) is 9.34. The first-order chi connectivity index (χ1) is 13.8. The summed E-state index contributed by atoms with van der Waals surface area (Å²) in [6, 6.07) is 8.31. The summed E-state index contributed by atoms with van der Waals surface area (Å²) in [5.74, 6) is -4.30. The molecule has 1 unspecified atom stereocenters. The van der Waals surface area contributed by atoms with Gasteiger partial charge in [0.15, 0.2) is 17.5 Å². The van der Waals surface area contributed by atoms with Crippen LogP contribution in [-0.4, -0.2) is 40.1 Å². The fourth-order valence-electron chi connectivity index (χ4n) is 3.50. The molecule has 1 fully saturated rings. The monoisotopic (exact) mass is 428 g/mol. The molecule has 1 heterocycles. The number of methoxy groups -OCH3 is 1. The summed E-state index contributed by atoms with van der Waals surface area (Å²) in [5, 5.41) is 0. The molecule has 1 aliphatic heterocycles. The summed E-state index contributed by atoms with van der Waals surface area (Å²) < 4.78 is 73.2. The Morgan fingerprint density at radius 1 is 1.00 bits per heavy atom. The molecule has 29 heavy (non-hydrogen) atoms. The van der Waals surface area contributed by atoms with Crippen molar-refractivity contribution in [3.63, 3.8) is 0 Å². The molecule has 1 N–H and O–H groups in total. The summed E-state index contributed by atoms with van der Waals surface area (Å²) >= 11 is 0. The average Bonchev–Trinajstić information content (AvgIpc) is 2.73. The van der Waals surface area contributed by atoms with Crippen LogP contribution < -0.4 is 9.46 Å². The van der Waals surface area contributed by atoms with Crippen molar-refractivity contribution in [2.75, 3.05) is 26.7 Å². The second kappa shape index (κ2) is 9.15. The number of likely N-dealkylation sites (tertiary alicyclic amines) is 1. The SMILES string of the molecule is COc1ccc(C(CNS(=O)(=O)c2ccc(F)c(F)c2F)N2CCCCC2)cc1. The molecule has 9 heteroatoms. The number of nitrogens with zero attached hydrogens (tertiary/aromatic N) is 1. The number of ether oxygens (including phenoxy) is 1. The molecule has 2 aromatic carbocycles. The van der Waals surface area contributed by atoms with E-state index < -0.39 is 32.4 Å². The molecule has 2 aromatic rings. The number of rotatable bonds is 7. The minimum absolute atomic E-state index is 0.0346. The average molecular weight is 428 g/mol. The second-order valence-corrected chi connectivity index (χ2v) is 8.65. The van der Waals surface area contributed by atoms with E-state index in [9.17, 15) is 21.6 Å². The summed E-state index contributed by atoms with van der Waals surface area (Å²) in [4.78, 5) is 1.25. The molecular formula is C20H23F3N2O3S. The van der Waals surface area contributed by atoms with E-state index in [1.807, 2.05) is 12.1 Å². The summed E-state index contributed by atoms with van der Waals surface area (Å²) in [5.41, 5.74) is 0.876.